The largest absolute Gasteiger partial charge is 0.434 e. The summed E-state index contributed by atoms with van der Waals surface area (Å²) in [4.78, 5) is 18.1. The van der Waals surface area contributed by atoms with Crippen LogP contribution in [0.25, 0.3) is 22.6 Å². The molecule has 3 aromatic rings. The van der Waals surface area contributed by atoms with E-state index in [1.807, 2.05) is 6.07 Å². The van der Waals surface area contributed by atoms with Gasteiger partial charge in [0.1, 0.15) is 5.52 Å². The molecule has 0 aliphatic rings. The predicted octanol–water partition coefficient (Wildman–Crippen LogP) is 2.53. The van der Waals surface area contributed by atoms with Crippen LogP contribution in [0, 0.1) is 0 Å². The van der Waals surface area contributed by atoms with Crippen LogP contribution in [0.15, 0.2) is 44.1 Å². The quantitative estimate of drug-likeness (QED) is 0.677. The number of halogens is 1. The molecule has 1 aromatic carbocycles. The lowest BCUT2D eigenvalue weighted by atomic mass is 10.3. The van der Waals surface area contributed by atoms with E-state index in [2.05, 4.69) is 25.9 Å². The topological polar surface area (TPSA) is 84.9 Å². The number of aromatic amines is 1. The molecule has 18 heavy (non-hydrogen) atoms. The molecule has 5 nitrogen and oxygen atoms in total. The van der Waals surface area contributed by atoms with Gasteiger partial charge in [0.2, 0.25) is 11.4 Å². The number of benzene rings is 1. The smallest absolute Gasteiger partial charge is 0.248 e. The molecule has 0 spiro atoms. The summed E-state index contributed by atoms with van der Waals surface area (Å²) in [5, 5.41) is 0. The highest BCUT2D eigenvalue weighted by Gasteiger charge is 2.11. The van der Waals surface area contributed by atoms with Gasteiger partial charge in [-0.25, -0.2) is 4.98 Å². The van der Waals surface area contributed by atoms with E-state index >= 15 is 0 Å². The first kappa shape index (κ1) is 11.0. The number of hydrogen-bond donors (Lipinski definition) is 2. The molecule has 0 bridgehead atoms. The van der Waals surface area contributed by atoms with Gasteiger partial charge in [0, 0.05) is 22.3 Å². The number of H-pyrrole nitrogens is 1. The average molecular weight is 306 g/mol. The number of nitrogen functional groups attached to an aromatic ring is 1. The van der Waals surface area contributed by atoms with Gasteiger partial charge in [-0.05, 0) is 18.2 Å². The van der Waals surface area contributed by atoms with Gasteiger partial charge in [0.05, 0.1) is 5.69 Å². The summed E-state index contributed by atoms with van der Waals surface area (Å²) in [6.45, 7) is 0. The van der Waals surface area contributed by atoms with Crippen molar-refractivity contribution in [3.8, 4) is 11.5 Å². The fourth-order valence-corrected chi connectivity index (χ4v) is 2.19. The summed E-state index contributed by atoms with van der Waals surface area (Å²) in [6, 6.07) is 6.70. The molecule has 3 rings (SSSR count). The van der Waals surface area contributed by atoms with Crippen molar-refractivity contribution in [2.45, 2.75) is 0 Å². The SMILES string of the molecule is Nc1cc(Br)cc2nc(-c3cc[nH]c(=O)c3)oc12. The van der Waals surface area contributed by atoms with Gasteiger partial charge in [-0.2, -0.15) is 0 Å². The van der Waals surface area contributed by atoms with Crippen LogP contribution in [0.4, 0.5) is 5.69 Å². The van der Waals surface area contributed by atoms with Crippen LogP contribution in [-0.4, -0.2) is 9.97 Å². The van der Waals surface area contributed by atoms with Crippen molar-refractivity contribution in [1.29, 1.82) is 0 Å². The summed E-state index contributed by atoms with van der Waals surface area (Å²) >= 11 is 3.34. The van der Waals surface area contributed by atoms with Crippen molar-refractivity contribution in [2.24, 2.45) is 0 Å². The lowest BCUT2D eigenvalue weighted by Gasteiger charge is -1.94. The Balaban J connectivity index is 2.25. The van der Waals surface area contributed by atoms with Crippen LogP contribution in [0.3, 0.4) is 0 Å². The molecule has 0 aliphatic carbocycles. The number of hydrogen-bond acceptors (Lipinski definition) is 4. The van der Waals surface area contributed by atoms with Crippen molar-refractivity contribution >= 4 is 32.7 Å². The second-order valence-corrected chi connectivity index (χ2v) is 4.72. The first-order valence-corrected chi connectivity index (χ1v) is 5.97. The molecule has 0 unspecified atom stereocenters. The van der Waals surface area contributed by atoms with Gasteiger partial charge in [-0.15, -0.1) is 0 Å². The van der Waals surface area contributed by atoms with Gasteiger partial charge < -0.3 is 15.1 Å². The van der Waals surface area contributed by atoms with Crippen LogP contribution in [0.2, 0.25) is 0 Å². The van der Waals surface area contributed by atoms with E-state index in [0.29, 0.717) is 28.2 Å². The summed E-state index contributed by atoms with van der Waals surface area (Å²) in [5.41, 5.74) is 7.93. The Kier molecular flexibility index (Phi) is 2.45. The Morgan fingerprint density at radius 1 is 1.33 bits per heavy atom. The van der Waals surface area contributed by atoms with Gasteiger partial charge in [0.15, 0.2) is 5.58 Å². The first-order chi connectivity index (χ1) is 8.63. The van der Waals surface area contributed by atoms with E-state index in [1.54, 1.807) is 18.3 Å². The minimum atomic E-state index is -0.205. The van der Waals surface area contributed by atoms with Crippen LogP contribution < -0.4 is 11.3 Å². The molecule has 0 fully saturated rings. The number of pyridine rings is 1. The van der Waals surface area contributed by atoms with Crippen LogP contribution in [0.1, 0.15) is 0 Å². The highest BCUT2D eigenvalue weighted by atomic mass is 79.9. The van der Waals surface area contributed by atoms with Crippen molar-refractivity contribution in [3.63, 3.8) is 0 Å². The average Bonchev–Trinajstić information content (AvgIpc) is 2.73. The third-order valence-corrected chi connectivity index (χ3v) is 2.96. The minimum Gasteiger partial charge on any atom is -0.434 e. The second kappa shape index (κ2) is 3.99. The monoisotopic (exact) mass is 305 g/mol. The highest BCUT2D eigenvalue weighted by molar-refractivity contribution is 9.10. The molecule has 3 N–H and O–H groups in total. The molecule has 0 atom stereocenters. The maximum absolute atomic E-state index is 11.2. The fraction of sp³-hybridized carbons (Fsp3) is 0. The molecule has 0 aliphatic heterocycles. The molecule has 0 radical (unpaired) electrons. The maximum atomic E-state index is 11.2. The molecular weight excluding hydrogens is 298 g/mol. The molecule has 2 aromatic heterocycles. The zero-order valence-electron chi connectivity index (χ0n) is 9.11. The van der Waals surface area contributed by atoms with Gasteiger partial charge >= 0.3 is 0 Å². The number of fused-ring (bicyclic) bond motifs is 1. The molecule has 2 heterocycles. The normalized spacial score (nSPS) is 10.9. The minimum absolute atomic E-state index is 0.205. The number of anilines is 1. The van der Waals surface area contributed by atoms with Crippen molar-refractivity contribution in [1.82, 2.24) is 9.97 Å². The zero-order chi connectivity index (χ0) is 12.7. The number of nitrogens with zero attached hydrogens (tertiary/aromatic N) is 1. The molecule has 0 amide bonds. The van der Waals surface area contributed by atoms with Crippen molar-refractivity contribution in [2.75, 3.05) is 5.73 Å². The number of rotatable bonds is 1. The first-order valence-electron chi connectivity index (χ1n) is 5.18. The second-order valence-electron chi connectivity index (χ2n) is 3.80. The van der Waals surface area contributed by atoms with Crippen molar-refractivity contribution in [3.05, 3.63) is 45.3 Å². The van der Waals surface area contributed by atoms with Gasteiger partial charge in [0.25, 0.3) is 0 Å². The lowest BCUT2D eigenvalue weighted by molar-refractivity contribution is 0.621. The van der Waals surface area contributed by atoms with Crippen LogP contribution in [-0.2, 0) is 0 Å². The third kappa shape index (κ3) is 1.80. The predicted molar refractivity (Wildman–Crippen MR) is 72.2 cm³/mol. The summed E-state index contributed by atoms with van der Waals surface area (Å²) < 4.78 is 6.42. The van der Waals surface area contributed by atoms with E-state index in [9.17, 15) is 4.79 Å². The fourth-order valence-electron chi connectivity index (χ4n) is 1.72. The Morgan fingerprint density at radius 2 is 2.17 bits per heavy atom. The summed E-state index contributed by atoms with van der Waals surface area (Å²) in [6.07, 6.45) is 1.55. The number of oxazole rings is 1. The van der Waals surface area contributed by atoms with E-state index in [0.717, 1.165) is 4.47 Å². The number of nitrogens with two attached hydrogens (primary N) is 1. The molecule has 0 saturated heterocycles. The zero-order valence-corrected chi connectivity index (χ0v) is 10.7. The summed E-state index contributed by atoms with van der Waals surface area (Å²) in [5.74, 6) is 0.376. The Labute approximate surface area is 110 Å². The summed E-state index contributed by atoms with van der Waals surface area (Å²) in [7, 11) is 0. The van der Waals surface area contributed by atoms with E-state index in [4.69, 9.17) is 10.2 Å². The maximum Gasteiger partial charge on any atom is 0.248 e. The lowest BCUT2D eigenvalue weighted by Crippen LogP contribution is -2.01. The third-order valence-electron chi connectivity index (χ3n) is 2.51. The van der Waals surface area contributed by atoms with E-state index in [-0.39, 0.29) is 5.56 Å². The molecule has 90 valence electrons. The number of aromatic nitrogens is 2. The highest BCUT2D eigenvalue weighted by Crippen LogP contribution is 2.30. The Hall–Kier alpha value is -2.08. The Morgan fingerprint density at radius 3 is 2.94 bits per heavy atom. The van der Waals surface area contributed by atoms with Crippen molar-refractivity contribution < 1.29 is 4.42 Å². The van der Waals surface area contributed by atoms with Gasteiger partial charge in [-0.1, -0.05) is 15.9 Å². The van der Waals surface area contributed by atoms with Crippen LogP contribution in [0.5, 0.6) is 0 Å². The van der Waals surface area contributed by atoms with Crippen LogP contribution >= 0.6 is 15.9 Å². The number of nitrogens with one attached hydrogen (secondary N) is 1. The van der Waals surface area contributed by atoms with E-state index in [1.165, 1.54) is 6.07 Å². The molecule has 6 heteroatoms. The Bertz CT molecular complexity index is 791. The van der Waals surface area contributed by atoms with Gasteiger partial charge in [-0.3, -0.25) is 4.79 Å². The molecular formula is C12H8BrN3O2. The molecule has 0 saturated carbocycles. The standard InChI is InChI=1S/C12H8BrN3O2/c13-7-4-8(14)11-9(5-7)16-12(18-11)6-1-2-15-10(17)3-6/h1-5H,14H2,(H,15,17). The van der Waals surface area contributed by atoms with E-state index < -0.39 is 0 Å².